The van der Waals surface area contributed by atoms with E-state index >= 15 is 0 Å². The van der Waals surface area contributed by atoms with Crippen molar-refractivity contribution in [1.82, 2.24) is 0 Å². The first-order valence-electron chi connectivity index (χ1n) is 28.9. The minimum absolute atomic E-state index is 0.0889. The average Bonchev–Trinajstić information content (AvgIpc) is 3.34. The molecule has 0 amide bonds. The van der Waals surface area contributed by atoms with Gasteiger partial charge in [0.15, 0.2) is 6.10 Å². The Bertz CT molecular complexity index is 1270. The van der Waals surface area contributed by atoms with Gasteiger partial charge in [0.05, 0.1) is 0 Å². The van der Waals surface area contributed by atoms with Gasteiger partial charge in [0.1, 0.15) is 13.2 Å². The van der Waals surface area contributed by atoms with E-state index in [0.717, 1.165) is 96.3 Å². The molecule has 0 bridgehead atoms. The second-order valence-electron chi connectivity index (χ2n) is 19.2. The first-order valence-corrected chi connectivity index (χ1v) is 28.9. The lowest BCUT2D eigenvalue weighted by Crippen LogP contribution is -2.30. The summed E-state index contributed by atoms with van der Waals surface area (Å²) in [6, 6.07) is 0. The number of carbonyl (C=O) groups excluding carboxylic acids is 3. The second-order valence-corrected chi connectivity index (χ2v) is 19.2. The Morgan fingerprint density at radius 3 is 0.868 bits per heavy atom. The maximum Gasteiger partial charge on any atom is 0.306 e. The van der Waals surface area contributed by atoms with Crippen molar-refractivity contribution in [3.8, 4) is 0 Å². The third-order valence-electron chi connectivity index (χ3n) is 12.4. The normalized spacial score (nSPS) is 12.6. The molecular weight excluding hydrogens is 841 g/mol. The van der Waals surface area contributed by atoms with E-state index in [-0.39, 0.29) is 31.1 Å². The standard InChI is InChI=1S/C62H108O6/c1-4-7-10-13-16-19-22-25-28-30-31-33-34-37-40-43-46-49-52-55-61(64)67-58-59(57-66-60(63)54-51-48-45-42-39-36-27-24-21-18-15-12-9-6-3)68-62(65)56-53-50-47-44-41-38-35-32-29-26-23-20-17-14-11-8-5-2/h16-17,19-20,24-29,35,38,59H,4-15,18,21-23,30-34,36-37,39-58H2,1-3H3/b19-16-,20-17-,27-24-,28-25-,29-26-,38-35-/t59-/m1/s1. The Morgan fingerprint density at radius 1 is 0.294 bits per heavy atom. The first kappa shape index (κ1) is 64.8. The summed E-state index contributed by atoms with van der Waals surface area (Å²) in [4.78, 5) is 38.2. The van der Waals surface area contributed by atoms with E-state index in [1.54, 1.807) is 0 Å². The van der Waals surface area contributed by atoms with Crippen molar-refractivity contribution in [3.63, 3.8) is 0 Å². The molecule has 0 unspecified atom stereocenters. The lowest BCUT2D eigenvalue weighted by molar-refractivity contribution is -0.167. The number of esters is 3. The summed E-state index contributed by atoms with van der Waals surface area (Å²) in [5.41, 5.74) is 0. The zero-order valence-electron chi connectivity index (χ0n) is 44.9. The van der Waals surface area contributed by atoms with Crippen LogP contribution in [0.3, 0.4) is 0 Å². The number of hydrogen-bond acceptors (Lipinski definition) is 6. The predicted molar refractivity (Wildman–Crippen MR) is 293 cm³/mol. The Labute approximate surface area is 421 Å². The van der Waals surface area contributed by atoms with Crippen LogP contribution in [-0.2, 0) is 28.6 Å². The topological polar surface area (TPSA) is 78.9 Å². The summed E-state index contributed by atoms with van der Waals surface area (Å²) in [5.74, 6) is -0.916. The molecule has 0 rings (SSSR count). The Kier molecular flexibility index (Phi) is 53.8. The van der Waals surface area contributed by atoms with Gasteiger partial charge in [0.2, 0.25) is 0 Å². The molecule has 0 aromatic rings. The van der Waals surface area contributed by atoms with Gasteiger partial charge in [-0.15, -0.1) is 0 Å². The summed E-state index contributed by atoms with van der Waals surface area (Å²) >= 11 is 0. The van der Waals surface area contributed by atoms with E-state index in [4.69, 9.17) is 14.2 Å². The fourth-order valence-electron chi connectivity index (χ4n) is 8.00. The average molecular weight is 950 g/mol. The zero-order chi connectivity index (χ0) is 49.3. The van der Waals surface area contributed by atoms with Crippen LogP contribution in [-0.4, -0.2) is 37.2 Å². The summed E-state index contributed by atoms with van der Waals surface area (Å²) in [6.45, 7) is 6.57. The molecule has 6 heteroatoms. The minimum atomic E-state index is -0.793. The molecule has 0 heterocycles. The van der Waals surface area contributed by atoms with Gasteiger partial charge in [-0.1, -0.05) is 222 Å². The number of ether oxygens (including phenoxy) is 3. The Hall–Kier alpha value is -3.15. The molecular formula is C62H108O6. The van der Waals surface area contributed by atoms with Crippen LogP contribution in [0, 0.1) is 0 Å². The van der Waals surface area contributed by atoms with Gasteiger partial charge in [-0.3, -0.25) is 14.4 Å². The van der Waals surface area contributed by atoms with Gasteiger partial charge in [-0.05, 0) is 116 Å². The van der Waals surface area contributed by atoms with Gasteiger partial charge in [0, 0.05) is 19.3 Å². The summed E-state index contributed by atoms with van der Waals surface area (Å²) < 4.78 is 16.8. The van der Waals surface area contributed by atoms with Crippen molar-refractivity contribution in [3.05, 3.63) is 72.9 Å². The van der Waals surface area contributed by atoms with Crippen LogP contribution < -0.4 is 0 Å². The third-order valence-corrected chi connectivity index (χ3v) is 12.4. The van der Waals surface area contributed by atoms with Crippen LogP contribution >= 0.6 is 0 Å². The molecule has 0 saturated carbocycles. The maximum absolute atomic E-state index is 12.8. The van der Waals surface area contributed by atoms with Crippen molar-refractivity contribution in [2.45, 2.75) is 290 Å². The number of allylic oxidation sites excluding steroid dienone is 12. The molecule has 0 saturated heterocycles. The lowest BCUT2D eigenvalue weighted by Gasteiger charge is -2.18. The minimum Gasteiger partial charge on any atom is -0.462 e. The highest BCUT2D eigenvalue weighted by Crippen LogP contribution is 2.15. The molecule has 0 aromatic heterocycles. The molecule has 68 heavy (non-hydrogen) atoms. The van der Waals surface area contributed by atoms with E-state index in [1.807, 2.05) is 0 Å². The van der Waals surface area contributed by atoms with E-state index < -0.39 is 6.10 Å². The fraction of sp³-hybridized carbons (Fsp3) is 0.758. The van der Waals surface area contributed by atoms with E-state index in [1.165, 1.54) is 148 Å². The molecule has 0 aliphatic carbocycles. The quantitative estimate of drug-likeness (QED) is 0.0262. The van der Waals surface area contributed by atoms with Gasteiger partial charge in [0.25, 0.3) is 0 Å². The number of rotatable bonds is 52. The summed E-state index contributed by atoms with van der Waals surface area (Å²) in [7, 11) is 0. The van der Waals surface area contributed by atoms with E-state index in [0.29, 0.717) is 19.3 Å². The fourth-order valence-corrected chi connectivity index (χ4v) is 8.00. The van der Waals surface area contributed by atoms with Gasteiger partial charge < -0.3 is 14.2 Å². The maximum atomic E-state index is 12.8. The van der Waals surface area contributed by atoms with Crippen LogP contribution in [0.4, 0.5) is 0 Å². The highest BCUT2D eigenvalue weighted by Gasteiger charge is 2.19. The lowest BCUT2D eigenvalue weighted by atomic mass is 10.1. The highest BCUT2D eigenvalue weighted by molar-refractivity contribution is 5.71. The van der Waals surface area contributed by atoms with Gasteiger partial charge in [-0.2, -0.15) is 0 Å². The molecule has 0 radical (unpaired) electrons. The van der Waals surface area contributed by atoms with Crippen molar-refractivity contribution < 1.29 is 28.6 Å². The smallest absolute Gasteiger partial charge is 0.306 e. The summed E-state index contributed by atoms with van der Waals surface area (Å²) in [5, 5.41) is 0. The number of carbonyl (C=O) groups is 3. The molecule has 392 valence electrons. The van der Waals surface area contributed by atoms with Crippen molar-refractivity contribution >= 4 is 17.9 Å². The molecule has 6 nitrogen and oxygen atoms in total. The molecule has 0 aliphatic rings. The molecule has 0 N–H and O–H groups in total. The second kappa shape index (κ2) is 56.4. The van der Waals surface area contributed by atoms with Crippen LogP contribution in [0.1, 0.15) is 284 Å². The van der Waals surface area contributed by atoms with E-state index in [9.17, 15) is 14.4 Å². The van der Waals surface area contributed by atoms with Gasteiger partial charge >= 0.3 is 17.9 Å². The number of hydrogen-bond donors (Lipinski definition) is 0. The Morgan fingerprint density at radius 2 is 0.529 bits per heavy atom. The Balaban J connectivity index is 4.42. The van der Waals surface area contributed by atoms with Gasteiger partial charge in [-0.25, -0.2) is 0 Å². The molecule has 0 aliphatic heterocycles. The molecule has 0 aromatic carbocycles. The molecule has 0 spiro atoms. The molecule has 1 atom stereocenters. The van der Waals surface area contributed by atoms with Crippen LogP contribution in [0.15, 0.2) is 72.9 Å². The van der Waals surface area contributed by atoms with E-state index in [2.05, 4.69) is 93.7 Å². The van der Waals surface area contributed by atoms with Crippen molar-refractivity contribution in [2.24, 2.45) is 0 Å². The first-order chi connectivity index (χ1) is 33.5. The largest absolute Gasteiger partial charge is 0.462 e. The third kappa shape index (κ3) is 53.8. The molecule has 0 fully saturated rings. The van der Waals surface area contributed by atoms with Crippen LogP contribution in [0.25, 0.3) is 0 Å². The number of unbranched alkanes of at least 4 members (excludes halogenated alkanes) is 29. The summed E-state index contributed by atoms with van der Waals surface area (Å²) in [6.07, 6.45) is 71.7. The zero-order valence-corrected chi connectivity index (χ0v) is 44.9. The van der Waals surface area contributed by atoms with Crippen molar-refractivity contribution in [1.29, 1.82) is 0 Å². The SMILES string of the molecule is CCCCC/C=C\C/C=C\C/C=C\CCCCCCC(=O)O[C@H](COC(=O)CCCCCCC/C=C\CCCCCCC)COC(=O)CCCCCCCCCCC/C=C\C/C=C\CCCCC. The monoisotopic (exact) mass is 949 g/mol. The van der Waals surface area contributed by atoms with Crippen LogP contribution in [0.2, 0.25) is 0 Å². The van der Waals surface area contributed by atoms with Crippen LogP contribution in [0.5, 0.6) is 0 Å². The predicted octanol–water partition coefficient (Wildman–Crippen LogP) is 19.4. The van der Waals surface area contributed by atoms with Crippen molar-refractivity contribution in [2.75, 3.05) is 13.2 Å². The highest BCUT2D eigenvalue weighted by atomic mass is 16.6.